The average Bonchev–Trinajstić information content (AvgIpc) is 2.57. The average molecular weight is 314 g/mol. The normalized spacial score (nSPS) is 15.7. The van der Waals surface area contributed by atoms with E-state index >= 15 is 0 Å². The third kappa shape index (κ3) is 3.51. The number of methoxy groups -OCH3 is 1. The third-order valence-electron chi connectivity index (χ3n) is 4.04. The molecule has 0 N–H and O–H groups in total. The molecule has 5 heteroatoms. The lowest BCUT2D eigenvalue weighted by molar-refractivity contribution is -0.121. The summed E-state index contributed by atoms with van der Waals surface area (Å²) in [5.41, 5.74) is 1.49. The van der Waals surface area contributed by atoms with E-state index in [9.17, 15) is 9.18 Å². The van der Waals surface area contributed by atoms with Crippen LogP contribution in [0, 0.1) is 5.82 Å². The van der Waals surface area contributed by atoms with Gasteiger partial charge in [-0.2, -0.15) is 0 Å². The summed E-state index contributed by atoms with van der Waals surface area (Å²) in [5, 5.41) is 0. The van der Waals surface area contributed by atoms with Gasteiger partial charge in [-0.05, 0) is 30.3 Å². The van der Waals surface area contributed by atoms with Gasteiger partial charge < -0.3 is 9.64 Å². The van der Waals surface area contributed by atoms with Gasteiger partial charge in [-0.1, -0.05) is 18.2 Å². The number of rotatable bonds is 4. The molecular formula is C18H19FN2O2. The molecule has 1 fully saturated rings. The standard InChI is InChI=1S/C18H19FN2O2/c1-23-16-8-6-15(7-9-16)21-11-10-20(13-18(21)22)12-14-4-2-3-5-17(14)19/h2-9H,10-13H2,1H3. The van der Waals surface area contributed by atoms with Gasteiger partial charge in [-0.25, -0.2) is 4.39 Å². The van der Waals surface area contributed by atoms with Gasteiger partial charge >= 0.3 is 0 Å². The molecule has 120 valence electrons. The molecule has 1 saturated heterocycles. The van der Waals surface area contributed by atoms with E-state index in [4.69, 9.17) is 4.74 Å². The van der Waals surface area contributed by atoms with Crippen LogP contribution >= 0.6 is 0 Å². The minimum absolute atomic E-state index is 0.0257. The Balaban J connectivity index is 1.65. The molecule has 3 rings (SSSR count). The summed E-state index contributed by atoms with van der Waals surface area (Å²) in [6, 6.07) is 14.1. The Morgan fingerprint density at radius 2 is 1.83 bits per heavy atom. The topological polar surface area (TPSA) is 32.8 Å². The second-order valence-electron chi connectivity index (χ2n) is 5.55. The van der Waals surface area contributed by atoms with E-state index in [1.54, 1.807) is 24.1 Å². The molecule has 1 aliphatic heterocycles. The molecule has 0 atom stereocenters. The van der Waals surface area contributed by atoms with Crippen LogP contribution in [-0.4, -0.2) is 37.6 Å². The Morgan fingerprint density at radius 1 is 1.09 bits per heavy atom. The predicted octanol–water partition coefficient (Wildman–Crippen LogP) is 2.68. The molecular weight excluding hydrogens is 295 g/mol. The van der Waals surface area contributed by atoms with E-state index in [0.717, 1.165) is 11.4 Å². The van der Waals surface area contributed by atoms with E-state index in [2.05, 4.69) is 0 Å². The highest BCUT2D eigenvalue weighted by Gasteiger charge is 2.25. The summed E-state index contributed by atoms with van der Waals surface area (Å²) >= 11 is 0. The monoisotopic (exact) mass is 314 g/mol. The van der Waals surface area contributed by atoms with Crippen LogP contribution in [0.5, 0.6) is 5.75 Å². The van der Waals surface area contributed by atoms with Crippen LogP contribution in [0.1, 0.15) is 5.56 Å². The Labute approximate surface area is 135 Å². The Hall–Kier alpha value is -2.40. The SMILES string of the molecule is COc1ccc(N2CCN(Cc3ccccc3F)CC2=O)cc1. The molecule has 0 unspecified atom stereocenters. The first-order valence-electron chi connectivity index (χ1n) is 7.57. The Bertz CT molecular complexity index is 688. The molecule has 1 aliphatic rings. The first-order chi connectivity index (χ1) is 11.2. The summed E-state index contributed by atoms with van der Waals surface area (Å²) in [4.78, 5) is 16.1. The number of hydrogen-bond acceptors (Lipinski definition) is 3. The van der Waals surface area contributed by atoms with Crippen LogP contribution in [-0.2, 0) is 11.3 Å². The number of hydrogen-bond donors (Lipinski definition) is 0. The highest BCUT2D eigenvalue weighted by atomic mass is 19.1. The smallest absolute Gasteiger partial charge is 0.241 e. The van der Waals surface area contributed by atoms with E-state index < -0.39 is 0 Å². The first-order valence-corrected chi connectivity index (χ1v) is 7.57. The Kier molecular flexibility index (Phi) is 4.57. The van der Waals surface area contributed by atoms with Crippen LogP contribution in [0.3, 0.4) is 0 Å². The summed E-state index contributed by atoms with van der Waals surface area (Å²) in [6.45, 7) is 2.06. The molecule has 0 aromatic heterocycles. The van der Waals surface area contributed by atoms with Gasteiger partial charge in [-0.15, -0.1) is 0 Å². The van der Waals surface area contributed by atoms with Gasteiger partial charge in [0.25, 0.3) is 0 Å². The van der Waals surface area contributed by atoms with Gasteiger partial charge in [-0.3, -0.25) is 9.69 Å². The molecule has 2 aromatic carbocycles. The predicted molar refractivity (Wildman–Crippen MR) is 87.0 cm³/mol. The highest BCUT2D eigenvalue weighted by Crippen LogP contribution is 2.22. The second-order valence-corrected chi connectivity index (χ2v) is 5.55. The van der Waals surface area contributed by atoms with Crippen molar-refractivity contribution in [3.05, 3.63) is 59.9 Å². The number of carbonyl (C=O) groups excluding carboxylic acids is 1. The lowest BCUT2D eigenvalue weighted by Gasteiger charge is -2.34. The molecule has 1 heterocycles. The van der Waals surface area contributed by atoms with Crippen molar-refractivity contribution in [2.45, 2.75) is 6.54 Å². The molecule has 23 heavy (non-hydrogen) atoms. The van der Waals surface area contributed by atoms with E-state index in [1.165, 1.54) is 6.07 Å². The molecule has 0 aliphatic carbocycles. The van der Waals surface area contributed by atoms with Crippen molar-refractivity contribution in [2.24, 2.45) is 0 Å². The minimum Gasteiger partial charge on any atom is -0.497 e. The molecule has 0 saturated carbocycles. The van der Waals surface area contributed by atoms with Gasteiger partial charge in [0.15, 0.2) is 0 Å². The third-order valence-corrected chi connectivity index (χ3v) is 4.04. The maximum Gasteiger partial charge on any atom is 0.241 e. The van der Waals surface area contributed by atoms with Crippen molar-refractivity contribution in [2.75, 3.05) is 31.6 Å². The number of piperazine rings is 1. The van der Waals surface area contributed by atoms with Crippen molar-refractivity contribution in [1.29, 1.82) is 0 Å². The van der Waals surface area contributed by atoms with Gasteiger partial charge in [0, 0.05) is 30.9 Å². The van der Waals surface area contributed by atoms with Crippen molar-refractivity contribution >= 4 is 11.6 Å². The summed E-state index contributed by atoms with van der Waals surface area (Å²) in [6.07, 6.45) is 0. The maximum atomic E-state index is 13.7. The van der Waals surface area contributed by atoms with Crippen LogP contribution in [0.15, 0.2) is 48.5 Å². The van der Waals surface area contributed by atoms with Gasteiger partial charge in [0.2, 0.25) is 5.91 Å². The minimum atomic E-state index is -0.225. The van der Waals surface area contributed by atoms with Gasteiger partial charge in [0.05, 0.1) is 13.7 Å². The number of anilines is 1. The summed E-state index contributed by atoms with van der Waals surface area (Å²) in [7, 11) is 1.61. The lowest BCUT2D eigenvalue weighted by Crippen LogP contribution is -2.50. The van der Waals surface area contributed by atoms with E-state index in [1.807, 2.05) is 35.2 Å². The van der Waals surface area contributed by atoms with Crippen molar-refractivity contribution < 1.29 is 13.9 Å². The number of carbonyl (C=O) groups is 1. The van der Waals surface area contributed by atoms with E-state index in [-0.39, 0.29) is 11.7 Å². The van der Waals surface area contributed by atoms with Crippen molar-refractivity contribution in [1.82, 2.24) is 4.90 Å². The zero-order chi connectivity index (χ0) is 16.2. The van der Waals surface area contributed by atoms with Crippen molar-refractivity contribution in [3.63, 3.8) is 0 Å². The first kappa shape index (κ1) is 15.5. The number of nitrogens with zero attached hydrogens (tertiary/aromatic N) is 2. The van der Waals surface area contributed by atoms with Crippen molar-refractivity contribution in [3.8, 4) is 5.75 Å². The maximum absolute atomic E-state index is 13.7. The quantitative estimate of drug-likeness (QED) is 0.870. The number of amides is 1. The summed E-state index contributed by atoms with van der Waals surface area (Å²) < 4.78 is 18.9. The highest BCUT2D eigenvalue weighted by molar-refractivity contribution is 5.95. The zero-order valence-corrected chi connectivity index (χ0v) is 13.0. The molecule has 0 spiro atoms. The fourth-order valence-corrected chi connectivity index (χ4v) is 2.76. The number of ether oxygens (including phenoxy) is 1. The summed E-state index contributed by atoms with van der Waals surface area (Å²) in [5.74, 6) is 0.565. The van der Waals surface area contributed by atoms with E-state index in [0.29, 0.717) is 31.7 Å². The Morgan fingerprint density at radius 3 is 2.48 bits per heavy atom. The molecule has 0 radical (unpaired) electrons. The van der Waals surface area contributed by atoms with Crippen LogP contribution < -0.4 is 9.64 Å². The lowest BCUT2D eigenvalue weighted by atomic mass is 10.1. The molecule has 4 nitrogen and oxygen atoms in total. The number of benzene rings is 2. The fraction of sp³-hybridized carbons (Fsp3) is 0.278. The fourth-order valence-electron chi connectivity index (χ4n) is 2.76. The van der Waals surface area contributed by atoms with Gasteiger partial charge in [0.1, 0.15) is 11.6 Å². The molecule has 2 aromatic rings. The molecule has 1 amide bonds. The second kappa shape index (κ2) is 6.79. The van der Waals surface area contributed by atoms with Crippen LogP contribution in [0.25, 0.3) is 0 Å². The zero-order valence-electron chi connectivity index (χ0n) is 13.0. The van der Waals surface area contributed by atoms with Crippen LogP contribution in [0.2, 0.25) is 0 Å². The molecule has 0 bridgehead atoms. The largest absolute Gasteiger partial charge is 0.497 e. The van der Waals surface area contributed by atoms with Crippen LogP contribution in [0.4, 0.5) is 10.1 Å². The number of halogens is 1.